The van der Waals surface area contributed by atoms with Crippen molar-refractivity contribution in [1.82, 2.24) is 25.0 Å². The highest BCUT2D eigenvalue weighted by Crippen LogP contribution is 2.28. The minimum atomic E-state index is -0.315. The Hall–Kier alpha value is -4.99. The Labute approximate surface area is 199 Å². The predicted molar refractivity (Wildman–Crippen MR) is 132 cm³/mol. The van der Waals surface area contributed by atoms with E-state index in [9.17, 15) is 14.7 Å². The number of nitrogens with zero attached hydrogens (tertiary/aromatic N) is 4. The van der Waals surface area contributed by atoms with Gasteiger partial charge in [0, 0.05) is 47.0 Å². The van der Waals surface area contributed by atoms with Gasteiger partial charge in [0.1, 0.15) is 11.5 Å². The van der Waals surface area contributed by atoms with Gasteiger partial charge in [-0.2, -0.15) is 10.2 Å². The Balaban J connectivity index is 1.39. The molecule has 3 heterocycles. The van der Waals surface area contributed by atoms with Crippen molar-refractivity contribution in [3.05, 3.63) is 88.9 Å². The van der Waals surface area contributed by atoms with Gasteiger partial charge in [0.2, 0.25) is 0 Å². The number of carbonyl (C=O) groups excluding carboxylic acids is 2. The quantitative estimate of drug-likeness (QED) is 0.222. The van der Waals surface area contributed by atoms with Crippen LogP contribution >= 0.6 is 0 Å². The highest BCUT2D eigenvalue weighted by Gasteiger charge is 2.16. The molecule has 0 aliphatic carbocycles. The Morgan fingerprint density at radius 1 is 1.11 bits per heavy atom. The fourth-order valence-corrected chi connectivity index (χ4v) is 3.85. The van der Waals surface area contributed by atoms with Crippen LogP contribution in [0.15, 0.2) is 65.8 Å². The van der Waals surface area contributed by atoms with E-state index in [1.165, 1.54) is 10.9 Å². The van der Waals surface area contributed by atoms with E-state index in [4.69, 9.17) is 0 Å². The average molecular weight is 467 g/mol. The lowest BCUT2D eigenvalue weighted by atomic mass is 10.0. The number of rotatable bonds is 6. The third kappa shape index (κ3) is 4.32. The van der Waals surface area contributed by atoms with Crippen LogP contribution in [0.2, 0.25) is 0 Å². The molecule has 0 bridgehead atoms. The molecule has 0 atom stereocenters. The molecule has 3 aromatic heterocycles. The number of amides is 1. The number of benzene rings is 2. The zero-order valence-electron chi connectivity index (χ0n) is 18.9. The molecule has 174 valence electrons. The molecule has 1 amide bonds. The number of aliphatic imine (C=N–C) groups is 1. The Morgan fingerprint density at radius 2 is 1.94 bits per heavy atom. The fourth-order valence-electron chi connectivity index (χ4n) is 3.85. The summed E-state index contributed by atoms with van der Waals surface area (Å²) < 4.78 is 1.51. The molecule has 5 rings (SSSR count). The second-order valence-electron chi connectivity index (χ2n) is 8.01. The van der Waals surface area contributed by atoms with Gasteiger partial charge in [0.15, 0.2) is 11.7 Å². The monoisotopic (exact) mass is 467 g/mol. The number of aromatic nitrogens is 5. The van der Waals surface area contributed by atoms with Crippen LogP contribution in [-0.4, -0.2) is 48.0 Å². The van der Waals surface area contributed by atoms with Crippen LogP contribution in [0, 0.1) is 6.92 Å². The molecule has 0 aliphatic rings. The summed E-state index contributed by atoms with van der Waals surface area (Å²) in [6.45, 7) is 1.81. The minimum Gasteiger partial charge on any atom is -0.494 e. The SMILES string of the molecule is Cc1cc(C(=O)Nc2cccc(C(=O)c3ccc4c(C=Nc5ccn[nH]5)c(O)[nH]c4c3)c2)n(C)n1. The van der Waals surface area contributed by atoms with Crippen LogP contribution in [0.1, 0.15) is 37.7 Å². The maximum atomic E-state index is 13.2. The molecule has 4 N–H and O–H groups in total. The normalized spacial score (nSPS) is 11.4. The van der Waals surface area contributed by atoms with E-state index in [1.807, 2.05) is 6.92 Å². The van der Waals surface area contributed by atoms with Crippen molar-refractivity contribution < 1.29 is 14.7 Å². The lowest BCUT2D eigenvalue weighted by Gasteiger charge is -2.08. The molecular weight excluding hydrogens is 446 g/mol. The summed E-state index contributed by atoms with van der Waals surface area (Å²) in [7, 11) is 1.70. The third-order valence-corrected chi connectivity index (χ3v) is 5.52. The number of aromatic hydroxyl groups is 1. The van der Waals surface area contributed by atoms with Crippen LogP contribution in [0.5, 0.6) is 5.88 Å². The number of aryl methyl sites for hydroxylation is 2. The number of aromatic amines is 2. The van der Waals surface area contributed by atoms with Gasteiger partial charge in [-0.25, -0.2) is 4.99 Å². The topological polar surface area (TPSA) is 141 Å². The van der Waals surface area contributed by atoms with Gasteiger partial charge in [-0.1, -0.05) is 24.3 Å². The second-order valence-corrected chi connectivity index (χ2v) is 8.01. The van der Waals surface area contributed by atoms with Crippen molar-refractivity contribution in [3.8, 4) is 5.88 Å². The van der Waals surface area contributed by atoms with Gasteiger partial charge in [-0.05, 0) is 31.2 Å². The molecule has 2 aromatic carbocycles. The first-order chi connectivity index (χ1) is 16.9. The molecule has 0 saturated heterocycles. The molecule has 0 radical (unpaired) electrons. The van der Waals surface area contributed by atoms with E-state index in [-0.39, 0.29) is 17.6 Å². The van der Waals surface area contributed by atoms with E-state index >= 15 is 0 Å². The summed E-state index contributed by atoms with van der Waals surface area (Å²) in [6.07, 6.45) is 3.11. The first kappa shape index (κ1) is 21.8. The van der Waals surface area contributed by atoms with Gasteiger partial charge in [-0.15, -0.1) is 0 Å². The van der Waals surface area contributed by atoms with E-state index in [1.54, 1.807) is 67.8 Å². The van der Waals surface area contributed by atoms with Gasteiger partial charge in [0.25, 0.3) is 5.91 Å². The largest absolute Gasteiger partial charge is 0.494 e. The molecule has 0 fully saturated rings. The van der Waals surface area contributed by atoms with Crippen LogP contribution in [0.25, 0.3) is 10.9 Å². The number of hydrogen-bond donors (Lipinski definition) is 4. The van der Waals surface area contributed by atoms with E-state index in [0.717, 1.165) is 11.1 Å². The van der Waals surface area contributed by atoms with Crippen molar-refractivity contribution in [2.45, 2.75) is 6.92 Å². The van der Waals surface area contributed by atoms with Gasteiger partial charge in [0.05, 0.1) is 17.5 Å². The van der Waals surface area contributed by atoms with Crippen LogP contribution < -0.4 is 5.32 Å². The smallest absolute Gasteiger partial charge is 0.273 e. The molecule has 0 spiro atoms. The summed E-state index contributed by atoms with van der Waals surface area (Å²) in [5, 5.41) is 24.6. The lowest BCUT2D eigenvalue weighted by Crippen LogP contribution is -2.16. The van der Waals surface area contributed by atoms with Crippen LogP contribution in [0.4, 0.5) is 11.5 Å². The molecular formula is C25H21N7O3. The Morgan fingerprint density at radius 3 is 2.69 bits per heavy atom. The highest BCUT2D eigenvalue weighted by atomic mass is 16.3. The molecule has 5 aromatic rings. The molecule has 0 aliphatic heterocycles. The fraction of sp³-hybridized carbons (Fsp3) is 0.0800. The number of fused-ring (bicyclic) bond motifs is 1. The summed E-state index contributed by atoms with van der Waals surface area (Å²) in [5.41, 5.74) is 3.60. The van der Waals surface area contributed by atoms with E-state index < -0.39 is 0 Å². The Kier molecular flexibility index (Phi) is 5.46. The van der Waals surface area contributed by atoms with Crippen molar-refractivity contribution in [1.29, 1.82) is 0 Å². The second kappa shape index (κ2) is 8.75. The number of carbonyl (C=O) groups is 2. The standard InChI is InChI=1S/C25H21N7O3/c1-14-10-21(32(2)31-14)25(35)28-17-5-3-4-15(11-17)23(33)16-6-7-18-19(24(34)29-20(18)12-16)13-26-22-8-9-27-30-22/h3-13,29,34H,1-2H3,(H,27,30)(H,28,35). The summed E-state index contributed by atoms with van der Waals surface area (Å²) in [5.74, 6) is -0.0366. The van der Waals surface area contributed by atoms with Crippen molar-refractivity contribution in [2.24, 2.45) is 12.0 Å². The number of ketones is 1. The number of hydrogen-bond acceptors (Lipinski definition) is 6. The summed E-state index contributed by atoms with van der Waals surface area (Å²) in [4.78, 5) is 32.9. The predicted octanol–water partition coefficient (Wildman–Crippen LogP) is 3.87. The molecule has 10 nitrogen and oxygen atoms in total. The third-order valence-electron chi connectivity index (χ3n) is 5.52. The van der Waals surface area contributed by atoms with Crippen molar-refractivity contribution in [3.63, 3.8) is 0 Å². The zero-order valence-corrected chi connectivity index (χ0v) is 18.9. The highest BCUT2D eigenvalue weighted by molar-refractivity contribution is 6.13. The maximum absolute atomic E-state index is 13.2. The van der Waals surface area contributed by atoms with Crippen LogP contribution in [0.3, 0.4) is 0 Å². The summed E-state index contributed by atoms with van der Waals surface area (Å²) >= 11 is 0. The van der Waals surface area contributed by atoms with Crippen molar-refractivity contribution >= 4 is 40.3 Å². The number of H-pyrrole nitrogens is 2. The first-order valence-corrected chi connectivity index (χ1v) is 10.7. The van der Waals surface area contributed by atoms with Gasteiger partial charge in [-0.3, -0.25) is 19.4 Å². The number of nitrogens with one attached hydrogen (secondary N) is 3. The maximum Gasteiger partial charge on any atom is 0.273 e. The van der Waals surface area contributed by atoms with Crippen LogP contribution in [-0.2, 0) is 7.05 Å². The van der Waals surface area contributed by atoms with E-state index in [0.29, 0.717) is 39.4 Å². The molecule has 0 saturated carbocycles. The molecule has 10 heteroatoms. The van der Waals surface area contributed by atoms with E-state index in [2.05, 4.69) is 30.6 Å². The molecule has 35 heavy (non-hydrogen) atoms. The average Bonchev–Trinajstić information content (AvgIpc) is 3.55. The summed E-state index contributed by atoms with van der Waals surface area (Å²) in [6, 6.07) is 15.3. The Bertz CT molecular complexity index is 1590. The lowest BCUT2D eigenvalue weighted by molar-refractivity contribution is 0.101. The number of anilines is 1. The minimum absolute atomic E-state index is 0.0528. The zero-order chi connectivity index (χ0) is 24.5. The van der Waals surface area contributed by atoms with Crippen molar-refractivity contribution in [2.75, 3.05) is 5.32 Å². The van der Waals surface area contributed by atoms with Gasteiger partial charge < -0.3 is 15.4 Å². The first-order valence-electron chi connectivity index (χ1n) is 10.7. The molecule has 0 unspecified atom stereocenters. The van der Waals surface area contributed by atoms with Gasteiger partial charge >= 0.3 is 0 Å².